The SMILES string of the molecule is O=P(O)(OCC(O)CO)OC[C@@H](O)CO. The zero-order chi connectivity index (χ0) is 11.9. The van der Waals surface area contributed by atoms with Crippen LogP contribution in [0.25, 0.3) is 0 Å². The lowest BCUT2D eigenvalue weighted by molar-refractivity contribution is 0.0160. The van der Waals surface area contributed by atoms with Gasteiger partial charge in [0.2, 0.25) is 0 Å². The predicted molar refractivity (Wildman–Crippen MR) is 47.9 cm³/mol. The van der Waals surface area contributed by atoms with Crippen LogP contribution < -0.4 is 0 Å². The third-order valence-corrected chi connectivity index (χ3v) is 2.23. The van der Waals surface area contributed by atoms with E-state index in [0.717, 1.165) is 0 Å². The lowest BCUT2D eigenvalue weighted by atomic mass is 10.4. The third kappa shape index (κ3) is 7.83. The Kier molecular flexibility index (Phi) is 7.24. The molecule has 3 atom stereocenters. The van der Waals surface area contributed by atoms with Crippen molar-refractivity contribution in [2.45, 2.75) is 12.2 Å². The number of aliphatic hydroxyl groups is 4. The van der Waals surface area contributed by atoms with Crippen LogP contribution in [0.3, 0.4) is 0 Å². The van der Waals surface area contributed by atoms with Crippen molar-refractivity contribution in [3.8, 4) is 0 Å². The fourth-order valence-corrected chi connectivity index (χ4v) is 1.30. The standard InChI is InChI=1S/C6H15O8P/c7-1-5(9)3-13-15(11,12)14-4-6(10)2-8/h5-10H,1-4H2,(H,11,12)/t5-,6?/m0/s1. The summed E-state index contributed by atoms with van der Waals surface area (Å²) in [5.41, 5.74) is 0. The molecule has 0 aliphatic rings. The number of rotatable bonds is 8. The van der Waals surface area contributed by atoms with Crippen LogP contribution >= 0.6 is 7.82 Å². The van der Waals surface area contributed by atoms with Crippen molar-refractivity contribution >= 4 is 7.82 Å². The smallest absolute Gasteiger partial charge is 0.394 e. The normalized spacial score (nSPS) is 19.5. The van der Waals surface area contributed by atoms with Gasteiger partial charge in [-0.1, -0.05) is 0 Å². The van der Waals surface area contributed by atoms with Crippen molar-refractivity contribution in [3.05, 3.63) is 0 Å². The molecule has 5 N–H and O–H groups in total. The lowest BCUT2D eigenvalue weighted by Crippen LogP contribution is -2.21. The Morgan fingerprint density at radius 2 is 1.33 bits per heavy atom. The van der Waals surface area contributed by atoms with Crippen molar-refractivity contribution in [2.24, 2.45) is 0 Å². The first-order chi connectivity index (χ1) is 6.91. The van der Waals surface area contributed by atoms with Crippen molar-refractivity contribution in [1.82, 2.24) is 0 Å². The molecule has 0 bridgehead atoms. The summed E-state index contributed by atoms with van der Waals surface area (Å²) in [6.07, 6.45) is -2.56. The highest BCUT2D eigenvalue weighted by atomic mass is 31.2. The Morgan fingerprint density at radius 3 is 1.60 bits per heavy atom. The van der Waals surface area contributed by atoms with Gasteiger partial charge in [0.05, 0.1) is 26.4 Å². The van der Waals surface area contributed by atoms with Crippen LogP contribution in [-0.4, -0.2) is 64.0 Å². The molecule has 0 aliphatic carbocycles. The highest BCUT2D eigenvalue weighted by Crippen LogP contribution is 2.43. The van der Waals surface area contributed by atoms with Gasteiger partial charge in [-0.15, -0.1) is 0 Å². The van der Waals surface area contributed by atoms with Crippen molar-refractivity contribution in [1.29, 1.82) is 0 Å². The summed E-state index contributed by atoms with van der Waals surface area (Å²) >= 11 is 0. The van der Waals surface area contributed by atoms with Crippen LogP contribution in [0.1, 0.15) is 0 Å². The Morgan fingerprint density at radius 1 is 1.00 bits per heavy atom. The van der Waals surface area contributed by atoms with Gasteiger partial charge in [0, 0.05) is 0 Å². The Hall–Kier alpha value is -0.0500. The van der Waals surface area contributed by atoms with E-state index in [4.69, 9.17) is 25.3 Å². The van der Waals surface area contributed by atoms with Crippen LogP contribution in [0.5, 0.6) is 0 Å². The molecule has 8 nitrogen and oxygen atoms in total. The minimum Gasteiger partial charge on any atom is -0.394 e. The molecule has 0 saturated heterocycles. The molecule has 0 aliphatic heterocycles. The first-order valence-corrected chi connectivity index (χ1v) is 5.60. The molecule has 0 saturated carbocycles. The van der Waals surface area contributed by atoms with Gasteiger partial charge in [-0.05, 0) is 0 Å². The zero-order valence-electron chi connectivity index (χ0n) is 7.89. The van der Waals surface area contributed by atoms with Crippen LogP contribution in [0.15, 0.2) is 0 Å². The average molecular weight is 246 g/mol. The van der Waals surface area contributed by atoms with Gasteiger partial charge < -0.3 is 25.3 Å². The van der Waals surface area contributed by atoms with E-state index in [2.05, 4.69) is 9.05 Å². The van der Waals surface area contributed by atoms with E-state index >= 15 is 0 Å². The van der Waals surface area contributed by atoms with E-state index in [-0.39, 0.29) is 0 Å². The minimum absolute atomic E-state index is 0.570. The fraction of sp³-hybridized carbons (Fsp3) is 1.00. The molecular formula is C6H15O8P. The summed E-state index contributed by atoms with van der Waals surface area (Å²) in [7, 11) is -4.37. The van der Waals surface area contributed by atoms with Gasteiger partial charge in [0.1, 0.15) is 12.2 Å². The molecule has 0 aromatic heterocycles. The number of aliphatic hydroxyl groups excluding tert-OH is 4. The van der Waals surface area contributed by atoms with Gasteiger partial charge in [-0.25, -0.2) is 4.57 Å². The highest BCUT2D eigenvalue weighted by Gasteiger charge is 2.23. The Bertz CT molecular complexity index is 191. The van der Waals surface area contributed by atoms with Crippen LogP contribution in [0.4, 0.5) is 0 Å². The molecule has 0 aromatic rings. The zero-order valence-corrected chi connectivity index (χ0v) is 8.79. The summed E-state index contributed by atoms with van der Waals surface area (Å²) in [6, 6.07) is 0. The van der Waals surface area contributed by atoms with E-state index in [9.17, 15) is 4.57 Å². The van der Waals surface area contributed by atoms with Crippen molar-refractivity contribution in [3.63, 3.8) is 0 Å². The summed E-state index contributed by atoms with van der Waals surface area (Å²) in [5, 5.41) is 34.3. The van der Waals surface area contributed by atoms with E-state index in [1.165, 1.54) is 0 Å². The van der Waals surface area contributed by atoms with E-state index < -0.39 is 46.5 Å². The topological polar surface area (TPSA) is 137 Å². The molecule has 0 spiro atoms. The van der Waals surface area contributed by atoms with Crippen LogP contribution in [0.2, 0.25) is 0 Å². The largest absolute Gasteiger partial charge is 0.472 e. The summed E-state index contributed by atoms with van der Waals surface area (Å²) < 4.78 is 19.5. The van der Waals surface area contributed by atoms with Crippen LogP contribution in [0, 0.1) is 0 Å². The third-order valence-electron chi connectivity index (χ3n) is 1.28. The molecule has 0 radical (unpaired) electrons. The minimum atomic E-state index is -4.37. The molecule has 0 rings (SSSR count). The average Bonchev–Trinajstić information content (AvgIpc) is 2.22. The first kappa shape index (κ1) is 14.9. The molecule has 92 valence electrons. The van der Waals surface area contributed by atoms with E-state index in [1.807, 2.05) is 0 Å². The molecule has 9 heteroatoms. The fourth-order valence-electron chi connectivity index (χ4n) is 0.503. The molecule has 2 unspecified atom stereocenters. The summed E-state index contributed by atoms with van der Waals surface area (Å²) in [5.74, 6) is 0. The number of hydrogen-bond acceptors (Lipinski definition) is 7. The van der Waals surface area contributed by atoms with Gasteiger partial charge in [0.25, 0.3) is 0 Å². The van der Waals surface area contributed by atoms with Crippen LogP contribution in [-0.2, 0) is 13.6 Å². The maximum absolute atomic E-state index is 11.0. The maximum atomic E-state index is 11.0. The molecule has 0 heterocycles. The Balaban J connectivity index is 3.81. The molecular weight excluding hydrogens is 231 g/mol. The quantitative estimate of drug-likeness (QED) is 0.305. The maximum Gasteiger partial charge on any atom is 0.472 e. The van der Waals surface area contributed by atoms with E-state index in [0.29, 0.717) is 0 Å². The molecule has 15 heavy (non-hydrogen) atoms. The monoisotopic (exact) mass is 246 g/mol. The second kappa shape index (κ2) is 7.26. The second-order valence-electron chi connectivity index (χ2n) is 2.73. The second-order valence-corrected chi connectivity index (χ2v) is 4.19. The van der Waals surface area contributed by atoms with Gasteiger partial charge >= 0.3 is 7.82 Å². The summed E-state index contributed by atoms with van der Waals surface area (Å²) in [6.45, 7) is -2.36. The number of phosphoric acid groups is 1. The van der Waals surface area contributed by atoms with Crippen molar-refractivity contribution < 1.29 is 38.9 Å². The highest BCUT2D eigenvalue weighted by molar-refractivity contribution is 7.47. The first-order valence-electron chi connectivity index (χ1n) is 4.11. The number of hydrogen-bond donors (Lipinski definition) is 5. The van der Waals surface area contributed by atoms with E-state index in [1.54, 1.807) is 0 Å². The molecule has 0 amide bonds. The number of phosphoric ester groups is 1. The summed E-state index contributed by atoms with van der Waals surface area (Å²) in [4.78, 5) is 8.93. The Labute approximate surface area is 86.3 Å². The van der Waals surface area contributed by atoms with Gasteiger partial charge in [-0.2, -0.15) is 0 Å². The lowest BCUT2D eigenvalue weighted by Gasteiger charge is -2.15. The predicted octanol–water partition coefficient (Wildman–Crippen LogP) is -2.17. The van der Waals surface area contributed by atoms with Gasteiger partial charge in [0.15, 0.2) is 0 Å². The van der Waals surface area contributed by atoms with Gasteiger partial charge in [-0.3, -0.25) is 9.05 Å². The molecule has 0 fully saturated rings. The molecule has 0 aromatic carbocycles. The van der Waals surface area contributed by atoms with Crippen molar-refractivity contribution in [2.75, 3.05) is 26.4 Å².